The molecule has 0 amide bonds. The number of hydrogen-bond donors (Lipinski definition) is 1. The van der Waals surface area contributed by atoms with Gasteiger partial charge in [0.1, 0.15) is 17.7 Å². The van der Waals surface area contributed by atoms with Gasteiger partial charge in [-0.15, -0.1) is 0 Å². The van der Waals surface area contributed by atoms with E-state index in [2.05, 4.69) is 4.98 Å². The Morgan fingerprint density at radius 1 is 1.27 bits per heavy atom. The van der Waals surface area contributed by atoms with Crippen molar-refractivity contribution >= 4 is 38.3 Å². The maximum atomic E-state index is 14.0. The third-order valence-electron chi connectivity index (χ3n) is 3.18. The molecule has 0 bridgehead atoms. The normalized spacial score (nSPS) is 12.5. The van der Waals surface area contributed by atoms with Crippen LogP contribution in [0.1, 0.15) is 18.6 Å². The molecular weight excluding hydrogens is 330 g/mol. The van der Waals surface area contributed by atoms with Crippen LogP contribution in [0.3, 0.4) is 0 Å². The molecule has 1 unspecified atom stereocenters. The summed E-state index contributed by atoms with van der Waals surface area (Å²) >= 11 is 7.01. The molecule has 1 heterocycles. The standard InChI is InChI=1S/C15H11ClF2N2OS/c1-7(13-10(17)4-3-9(16)14(13)18)21-8-2-5-11-12(6-8)22-15(19)20-11/h2-7H,1H3,(H2,19,20). The van der Waals surface area contributed by atoms with Gasteiger partial charge >= 0.3 is 0 Å². The van der Waals surface area contributed by atoms with Crippen molar-refractivity contribution in [1.82, 2.24) is 4.98 Å². The van der Waals surface area contributed by atoms with E-state index in [-0.39, 0.29) is 10.6 Å². The molecule has 0 aliphatic rings. The largest absolute Gasteiger partial charge is 0.486 e. The van der Waals surface area contributed by atoms with Crippen molar-refractivity contribution in [1.29, 1.82) is 0 Å². The first kappa shape index (κ1) is 15.0. The van der Waals surface area contributed by atoms with Crippen LogP contribution in [0.4, 0.5) is 13.9 Å². The number of nitrogens with zero attached hydrogens (tertiary/aromatic N) is 1. The van der Waals surface area contributed by atoms with Gasteiger partial charge in [-0.05, 0) is 37.3 Å². The number of halogens is 3. The fourth-order valence-corrected chi connectivity index (χ4v) is 3.10. The summed E-state index contributed by atoms with van der Waals surface area (Å²) < 4.78 is 34.3. The Labute approximate surface area is 134 Å². The number of benzene rings is 2. The summed E-state index contributed by atoms with van der Waals surface area (Å²) in [5.74, 6) is -1.03. The highest BCUT2D eigenvalue weighted by molar-refractivity contribution is 7.22. The van der Waals surface area contributed by atoms with Gasteiger partial charge in [-0.2, -0.15) is 0 Å². The van der Waals surface area contributed by atoms with Gasteiger partial charge in [0.2, 0.25) is 0 Å². The van der Waals surface area contributed by atoms with Crippen molar-refractivity contribution in [3.05, 3.63) is 52.6 Å². The van der Waals surface area contributed by atoms with E-state index >= 15 is 0 Å². The molecule has 7 heteroatoms. The molecule has 1 atom stereocenters. The molecule has 3 rings (SSSR count). The molecule has 0 aliphatic heterocycles. The van der Waals surface area contributed by atoms with Crippen LogP contribution in [0, 0.1) is 11.6 Å². The van der Waals surface area contributed by atoms with Crippen LogP contribution in [0.15, 0.2) is 30.3 Å². The molecule has 0 radical (unpaired) electrons. The van der Waals surface area contributed by atoms with Gasteiger partial charge < -0.3 is 10.5 Å². The smallest absolute Gasteiger partial charge is 0.181 e. The fourth-order valence-electron chi connectivity index (χ4n) is 2.17. The lowest BCUT2D eigenvalue weighted by Crippen LogP contribution is -2.08. The van der Waals surface area contributed by atoms with Gasteiger partial charge in [0.25, 0.3) is 0 Å². The average Bonchev–Trinajstić information content (AvgIpc) is 2.82. The Bertz CT molecular complexity index is 853. The fraction of sp³-hybridized carbons (Fsp3) is 0.133. The van der Waals surface area contributed by atoms with Gasteiger partial charge in [-0.3, -0.25) is 0 Å². The topological polar surface area (TPSA) is 48.1 Å². The predicted molar refractivity (Wildman–Crippen MR) is 84.4 cm³/mol. The third-order valence-corrected chi connectivity index (χ3v) is 4.31. The summed E-state index contributed by atoms with van der Waals surface area (Å²) in [5, 5.41) is 0.310. The van der Waals surface area contributed by atoms with E-state index < -0.39 is 17.7 Å². The number of rotatable bonds is 3. The van der Waals surface area contributed by atoms with Gasteiger partial charge in [-0.25, -0.2) is 13.8 Å². The minimum atomic E-state index is -0.832. The molecule has 0 aliphatic carbocycles. The Hall–Kier alpha value is -1.92. The highest BCUT2D eigenvalue weighted by Gasteiger charge is 2.20. The first-order valence-electron chi connectivity index (χ1n) is 6.42. The second-order valence-electron chi connectivity index (χ2n) is 4.70. The van der Waals surface area contributed by atoms with E-state index in [1.54, 1.807) is 25.1 Å². The number of nitrogens with two attached hydrogens (primary N) is 1. The lowest BCUT2D eigenvalue weighted by molar-refractivity contribution is 0.216. The van der Waals surface area contributed by atoms with E-state index in [0.717, 1.165) is 16.3 Å². The average molecular weight is 341 g/mol. The van der Waals surface area contributed by atoms with Crippen LogP contribution >= 0.6 is 22.9 Å². The lowest BCUT2D eigenvalue weighted by atomic mass is 10.1. The van der Waals surface area contributed by atoms with Crippen LogP contribution in [0.2, 0.25) is 5.02 Å². The van der Waals surface area contributed by atoms with Crippen LogP contribution in [-0.2, 0) is 0 Å². The molecule has 3 nitrogen and oxygen atoms in total. The number of thiazole rings is 1. The molecule has 2 N–H and O–H groups in total. The maximum absolute atomic E-state index is 14.0. The molecular formula is C15H11ClF2N2OS. The molecule has 0 saturated heterocycles. The molecule has 1 aromatic heterocycles. The van der Waals surface area contributed by atoms with E-state index in [1.807, 2.05) is 0 Å². The molecule has 0 spiro atoms. The molecule has 22 heavy (non-hydrogen) atoms. The summed E-state index contributed by atoms with van der Waals surface area (Å²) in [7, 11) is 0. The van der Waals surface area contributed by atoms with E-state index in [1.165, 1.54) is 17.4 Å². The first-order chi connectivity index (χ1) is 10.5. The summed E-state index contributed by atoms with van der Waals surface area (Å²) in [6, 6.07) is 7.45. The van der Waals surface area contributed by atoms with Crippen molar-refractivity contribution in [2.24, 2.45) is 0 Å². The van der Waals surface area contributed by atoms with Crippen LogP contribution < -0.4 is 10.5 Å². The zero-order valence-corrected chi connectivity index (χ0v) is 13.0. The van der Waals surface area contributed by atoms with E-state index in [4.69, 9.17) is 22.1 Å². The van der Waals surface area contributed by atoms with Gasteiger partial charge in [0.05, 0.1) is 20.8 Å². The van der Waals surface area contributed by atoms with Crippen LogP contribution in [-0.4, -0.2) is 4.98 Å². The quantitative estimate of drug-likeness (QED) is 0.686. The van der Waals surface area contributed by atoms with E-state index in [9.17, 15) is 8.78 Å². The van der Waals surface area contributed by atoms with Crippen molar-refractivity contribution in [2.45, 2.75) is 13.0 Å². The lowest BCUT2D eigenvalue weighted by Gasteiger charge is -2.17. The molecule has 3 aromatic rings. The summed E-state index contributed by atoms with van der Waals surface area (Å²) in [4.78, 5) is 4.13. The SMILES string of the molecule is CC(Oc1ccc2nc(N)sc2c1)c1c(F)ccc(Cl)c1F. The molecule has 114 valence electrons. The van der Waals surface area contributed by atoms with Gasteiger partial charge in [0.15, 0.2) is 10.9 Å². The van der Waals surface area contributed by atoms with Crippen LogP contribution in [0.5, 0.6) is 5.75 Å². The summed E-state index contributed by atoms with van der Waals surface area (Å²) in [6.45, 7) is 1.56. The monoisotopic (exact) mass is 340 g/mol. The van der Waals surface area contributed by atoms with Gasteiger partial charge in [0, 0.05) is 0 Å². The number of anilines is 1. The number of ether oxygens (including phenoxy) is 1. The zero-order valence-electron chi connectivity index (χ0n) is 11.4. The highest BCUT2D eigenvalue weighted by atomic mass is 35.5. The summed E-state index contributed by atoms with van der Waals surface area (Å²) in [5.41, 5.74) is 6.20. The highest BCUT2D eigenvalue weighted by Crippen LogP contribution is 2.32. The number of fused-ring (bicyclic) bond motifs is 1. The maximum Gasteiger partial charge on any atom is 0.181 e. The Kier molecular flexibility index (Phi) is 3.88. The Morgan fingerprint density at radius 2 is 2.05 bits per heavy atom. The molecule has 2 aromatic carbocycles. The predicted octanol–water partition coefficient (Wildman–Crippen LogP) is 4.95. The summed E-state index contributed by atoms with van der Waals surface area (Å²) in [6.07, 6.45) is -0.832. The minimum Gasteiger partial charge on any atom is -0.486 e. The molecule has 0 fully saturated rings. The van der Waals surface area contributed by atoms with Crippen molar-refractivity contribution < 1.29 is 13.5 Å². The van der Waals surface area contributed by atoms with Gasteiger partial charge in [-0.1, -0.05) is 22.9 Å². The van der Waals surface area contributed by atoms with Crippen molar-refractivity contribution in [3.8, 4) is 5.75 Å². The second kappa shape index (κ2) is 5.70. The Balaban J connectivity index is 1.92. The van der Waals surface area contributed by atoms with Crippen molar-refractivity contribution in [3.63, 3.8) is 0 Å². The van der Waals surface area contributed by atoms with E-state index in [0.29, 0.717) is 10.9 Å². The number of hydrogen-bond acceptors (Lipinski definition) is 4. The number of nitrogen functional groups attached to an aromatic ring is 1. The second-order valence-corrected chi connectivity index (χ2v) is 6.17. The van der Waals surface area contributed by atoms with Crippen molar-refractivity contribution in [2.75, 3.05) is 5.73 Å². The number of aromatic nitrogens is 1. The minimum absolute atomic E-state index is 0.141. The molecule has 0 saturated carbocycles. The zero-order chi connectivity index (χ0) is 15.9. The van der Waals surface area contributed by atoms with Crippen LogP contribution in [0.25, 0.3) is 10.2 Å². The first-order valence-corrected chi connectivity index (χ1v) is 7.61. The Morgan fingerprint density at radius 3 is 2.82 bits per heavy atom. The third kappa shape index (κ3) is 2.71.